The zero-order valence-electron chi connectivity index (χ0n) is 10.9. The van der Waals surface area contributed by atoms with E-state index in [4.69, 9.17) is 5.73 Å². The number of nitrogens with one attached hydrogen (secondary N) is 1. The summed E-state index contributed by atoms with van der Waals surface area (Å²) in [5.74, 6) is 1.02. The fourth-order valence-electron chi connectivity index (χ4n) is 1.67. The number of aromatic nitrogens is 2. The van der Waals surface area contributed by atoms with Gasteiger partial charge in [0.25, 0.3) is 0 Å². The summed E-state index contributed by atoms with van der Waals surface area (Å²) >= 11 is 0. The molecule has 1 aromatic heterocycles. The molecule has 0 atom stereocenters. The molecule has 0 aromatic carbocycles. The van der Waals surface area contributed by atoms with Gasteiger partial charge in [-0.2, -0.15) is 5.10 Å². The maximum absolute atomic E-state index is 6.07. The molecule has 0 amide bonds. The van der Waals surface area contributed by atoms with Crippen molar-refractivity contribution in [3.8, 4) is 0 Å². The minimum atomic E-state index is 0.322. The van der Waals surface area contributed by atoms with Crippen LogP contribution in [0.15, 0.2) is 0 Å². The summed E-state index contributed by atoms with van der Waals surface area (Å²) in [6, 6.07) is 0.322. The number of anilines is 2. The third kappa shape index (κ3) is 2.47. The maximum Gasteiger partial charge on any atom is 0.150 e. The summed E-state index contributed by atoms with van der Waals surface area (Å²) in [6.07, 6.45) is 0. The highest BCUT2D eigenvalue weighted by atomic mass is 15.4. The summed E-state index contributed by atoms with van der Waals surface area (Å²) in [6.45, 7) is 8.02. The van der Waals surface area contributed by atoms with Crippen LogP contribution in [0.2, 0.25) is 0 Å². The molecule has 5 nitrogen and oxygen atoms in total. The molecule has 0 spiro atoms. The van der Waals surface area contributed by atoms with E-state index in [1.165, 1.54) is 0 Å². The molecule has 1 heterocycles. The molecule has 0 fully saturated rings. The van der Waals surface area contributed by atoms with Gasteiger partial charge in [0.15, 0.2) is 5.82 Å². The van der Waals surface area contributed by atoms with E-state index in [1.54, 1.807) is 0 Å². The first kappa shape index (κ1) is 12.8. The molecule has 0 aliphatic rings. The average Bonchev–Trinajstić information content (AvgIpc) is 2.52. The minimum Gasteiger partial charge on any atom is -0.394 e. The van der Waals surface area contributed by atoms with Crippen LogP contribution >= 0.6 is 0 Å². The van der Waals surface area contributed by atoms with Gasteiger partial charge in [0.2, 0.25) is 0 Å². The van der Waals surface area contributed by atoms with E-state index in [0.717, 1.165) is 30.3 Å². The summed E-state index contributed by atoms with van der Waals surface area (Å²) < 4.78 is 1.99. The number of hydrogen-bond acceptors (Lipinski definition) is 4. The van der Waals surface area contributed by atoms with Crippen molar-refractivity contribution in [2.45, 2.75) is 26.8 Å². The highest BCUT2D eigenvalue weighted by Crippen LogP contribution is 2.28. The molecule has 0 saturated carbocycles. The van der Waals surface area contributed by atoms with E-state index in [2.05, 4.69) is 29.2 Å². The van der Waals surface area contributed by atoms with E-state index in [1.807, 2.05) is 25.7 Å². The van der Waals surface area contributed by atoms with Crippen molar-refractivity contribution in [1.29, 1.82) is 0 Å². The molecule has 0 bridgehead atoms. The second-order valence-electron chi connectivity index (χ2n) is 4.39. The summed E-state index contributed by atoms with van der Waals surface area (Å²) in [5.41, 5.74) is 7.76. The Hall–Kier alpha value is -1.23. The third-order valence-corrected chi connectivity index (χ3v) is 2.65. The lowest BCUT2D eigenvalue weighted by molar-refractivity contribution is 0.525. The van der Waals surface area contributed by atoms with Crippen LogP contribution in [0, 0.1) is 6.92 Å². The van der Waals surface area contributed by atoms with Crippen LogP contribution in [0.25, 0.3) is 0 Å². The molecular weight excluding hydrogens is 202 g/mol. The van der Waals surface area contributed by atoms with Crippen molar-refractivity contribution in [3.05, 3.63) is 5.69 Å². The summed E-state index contributed by atoms with van der Waals surface area (Å²) in [5, 5.41) is 7.60. The smallest absolute Gasteiger partial charge is 0.150 e. The standard InChI is InChI=1S/C11H23N5/c1-8(2)16-11(10(12)9(3)14-16)15(5)7-6-13-4/h8,13H,6-7,12H2,1-5H3. The van der Waals surface area contributed by atoms with Crippen LogP contribution < -0.4 is 16.0 Å². The molecule has 5 heteroatoms. The molecular formula is C11H23N5. The molecule has 0 unspecified atom stereocenters. The van der Waals surface area contributed by atoms with Crippen LogP contribution in [0.4, 0.5) is 11.5 Å². The van der Waals surface area contributed by atoms with Crippen LogP contribution in [0.1, 0.15) is 25.6 Å². The molecule has 1 aromatic rings. The van der Waals surface area contributed by atoms with Crippen molar-refractivity contribution in [2.24, 2.45) is 0 Å². The van der Waals surface area contributed by atoms with Crippen molar-refractivity contribution < 1.29 is 0 Å². The highest BCUT2D eigenvalue weighted by molar-refractivity contribution is 5.66. The molecule has 0 aliphatic carbocycles. The van der Waals surface area contributed by atoms with Crippen molar-refractivity contribution in [2.75, 3.05) is 37.8 Å². The van der Waals surface area contributed by atoms with Gasteiger partial charge in [-0.1, -0.05) is 0 Å². The average molecular weight is 225 g/mol. The van der Waals surface area contributed by atoms with Gasteiger partial charge in [-0.3, -0.25) is 0 Å². The van der Waals surface area contributed by atoms with Gasteiger partial charge in [-0.25, -0.2) is 4.68 Å². The minimum absolute atomic E-state index is 0.322. The largest absolute Gasteiger partial charge is 0.394 e. The van der Waals surface area contributed by atoms with E-state index < -0.39 is 0 Å². The van der Waals surface area contributed by atoms with Gasteiger partial charge in [0.1, 0.15) is 0 Å². The number of nitrogen functional groups attached to an aromatic ring is 1. The zero-order valence-corrected chi connectivity index (χ0v) is 10.9. The van der Waals surface area contributed by atoms with Crippen molar-refractivity contribution >= 4 is 11.5 Å². The van der Waals surface area contributed by atoms with Crippen LogP contribution in [0.5, 0.6) is 0 Å². The lowest BCUT2D eigenvalue weighted by Crippen LogP contribution is -2.29. The first-order valence-electron chi connectivity index (χ1n) is 5.69. The van der Waals surface area contributed by atoms with Crippen LogP contribution in [0.3, 0.4) is 0 Å². The molecule has 0 aliphatic heterocycles. The molecule has 16 heavy (non-hydrogen) atoms. The van der Waals surface area contributed by atoms with Crippen molar-refractivity contribution in [3.63, 3.8) is 0 Å². The first-order valence-corrected chi connectivity index (χ1v) is 5.69. The van der Waals surface area contributed by atoms with Gasteiger partial charge in [-0.15, -0.1) is 0 Å². The lowest BCUT2D eigenvalue weighted by Gasteiger charge is -2.22. The van der Waals surface area contributed by atoms with Crippen molar-refractivity contribution in [1.82, 2.24) is 15.1 Å². The fourth-order valence-corrected chi connectivity index (χ4v) is 1.67. The second kappa shape index (κ2) is 5.21. The van der Waals surface area contributed by atoms with E-state index in [9.17, 15) is 0 Å². The molecule has 0 saturated heterocycles. The molecule has 92 valence electrons. The normalized spacial score (nSPS) is 11.1. The van der Waals surface area contributed by atoms with Crippen LogP contribution in [-0.2, 0) is 0 Å². The Kier molecular flexibility index (Phi) is 4.18. The Balaban J connectivity index is 3.00. The van der Waals surface area contributed by atoms with Gasteiger partial charge < -0.3 is 16.0 Å². The van der Waals surface area contributed by atoms with Gasteiger partial charge in [0, 0.05) is 26.2 Å². The Bertz CT molecular complexity index is 342. The number of nitrogens with two attached hydrogens (primary N) is 1. The number of nitrogens with zero attached hydrogens (tertiary/aromatic N) is 3. The number of hydrogen-bond donors (Lipinski definition) is 2. The Morgan fingerprint density at radius 1 is 1.50 bits per heavy atom. The Morgan fingerprint density at radius 2 is 2.12 bits per heavy atom. The molecule has 0 radical (unpaired) electrons. The lowest BCUT2D eigenvalue weighted by atomic mass is 10.3. The van der Waals surface area contributed by atoms with E-state index in [-0.39, 0.29) is 0 Å². The number of aryl methyl sites for hydroxylation is 1. The van der Waals surface area contributed by atoms with Gasteiger partial charge >= 0.3 is 0 Å². The van der Waals surface area contributed by atoms with Crippen LogP contribution in [-0.4, -0.2) is 37.0 Å². The quantitative estimate of drug-likeness (QED) is 0.785. The zero-order chi connectivity index (χ0) is 12.3. The Morgan fingerprint density at radius 3 is 2.62 bits per heavy atom. The second-order valence-corrected chi connectivity index (χ2v) is 4.39. The topological polar surface area (TPSA) is 59.1 Å². The SMILES string of the molecule is CNCCN(C)c1c(N)c(C)nn1C(C)C. The summed E-state index contributed by atoms with van der Waals surface area (Å²) in [4.78, 5) is 2.14. The maximum atomic E-state index is 6.07. The third-order valence-electron chi connectivity index (χ3n) is 2.65. The number of likely N-dealkylation sites (N-methyl/N-ethyl adjacent to an activating group) is 2. The van der Waals surface area contributed by atoms with Gasteiger partial charge in [0.05, 0.1) is 11.4 Å². The monoisotopic (exact) mass is 225 g/mol. The van der Waals surface area contributed by atoms with Gasteiger partial charge in [-0.05, 0) is 27.8 Å². The number of rotatable bonds is 5. The Labute approximate surface area is 97.6 Å². The first-order chi connectivity index (χ1) is 7.49. The van der Waals surface area contributed by atoms with E-state index >= 15 is 0 Å². The predicted octanol–water partition coefficient (Wildman–Crippen LogP) is 1.01. The molecule has 3 N–H and O–H groups in total. The highest BCUT2D eigenvalue weighted by Gasteiger charge is 2.17. The van der Waals surface area contributed by atoms with E-state index in [0.29, 0.717) is 6.04 Å². The predicted molar refractivity (Wildman–Crippen MR) is 69.0 cm³/mol. The molecule has 1 rings (SSSR count). The summed E-state index contributed by atoms with van der Waals surface area (Å²) in [7, 11) is 3.99. The fraction of sp³-hybridized carbons (Fsp3) is 0.727.